The van der Waals surface area contributed by atoms with Crippen molar-refractivity contribution in [1.82, 2.24) is 14.7 Å². The summed E-state index contributed by atoms with van der Waals surface area (Å²) in [6, 6.07) is 7.99. The van der Waals surface area contributed by atoms with Gasteiger partial charge in [0.15, 0.2) is 0 Å². The summed E-state index contributed by atoms with van der Waals surface area (Å²) in [5.74, 6) is 0.123. The van der Waals surface area contributed by atoms with E-state index >= 15 is 0 Å². The van der Waals surface area contributed by atoms with E-state index in [9.17, 15) is 4.79 Å². The fourth-order valence-electron chi connectivity index (χ4n) is 2.02. The van der Waals surface area contributed by atoms with Crippen LogP contribution in [0.25, 0.3) is 0 Å². The van der Waals surface area contributed by atoms with Crippen molar-refractivity contribution in [2.45, 2.75) is 19.9 Å². The van der Waals surface area contributed by atoms with Crippen LogP contribution in [0.2, 0.25) is 0 Å². The summed E-state index contributed by atoms with van der Waals surface area (Å²) in [6.45, 7) is 2.63. The highest BCUT2D eigenvalue weighted by atomic mass is 16.2. The Labute approximate surface area is 113 Å². The molecule has 0 radical (unpaired) electrons. The first-order chi connectivity index (χ1) is 9.06. The quantitative estimate of drug-likeness (QED) is 0.839. The molecule has 1 heterocycles. The molecule has 4 nitrogen and oxygen atoms in total. The molecule has 0 aliphatic rings. The lowest BCUT2D eigenvalue weighted by Gasteiger charge is -2.16. The van der Waals surface area contributed by atoms with Gasteiger partial charge in [0.05, 0.1) is 12.6 Å². The third-order valence-electron chi connectivity index (χ3n) is 3.21. The third kappa shape index (κ3) is 3.44. The highest BCUT2D eigenvalue weighted by Crippen LogP contribution is 2.10. The van der Waals surface area contributed by atoms with Gasteiger partial charge in [-0.2, -0.15) is 5.10 Å². The van der Waals surface area contributed by atoms with Crippen LogP contribution in [0, 0.1) is 6.92 Å². The molecule has 0 saturated heterocycles. The molecule has 0 aliphatic carbocycles. The SMILES string of the molecule is Cc1ccccc1CC(=O)N(C)Cc1cnn(C)c1. The average molecular weight is 257 g/mol. The number of hydrogen-bond acceptors (Lipinski definition) is 2. The lowest BCUT2D eigenvalue weighted by atomic mass is 10.1. The molecule has 1 aromatic carbocycles. The van der Waals surface area contributed by atoms with E-state index in [2.05, 4.69) is 5.10 Å². The molecule has 0 fully saturated rings. The number of amides is 1. The number of nitrogens with zero attached hydrogens (tertiary/aromatic N) is 3. The molecular weight excluding hydrogens is 238 g/mol. The number of aromatic nitrogens is 2. The van der Waals surface area contributed by atoms with Crippen molar-refractivity contribution < 1.29 is 4.79 Å². The normalized spacial score (nSPS) is 10.5. The predicted molar refractivity (Wildman–Crippen MR) is 74.6 cm³/mol. The average Bonchev–Trinajstić information content (AvgIpc) is 2.77. The van der Waals surface area contributed by atoms with Crippen molar-refractivity contribution in [1.29, 1.82) is 0 Å². The molecule has 0 atom stereocenters. The Bertz CT molecular complexity index is 574. The molecule has 1 amide bonds. The minimum atomic E-state index is 0.123. The van der Waals surface area contributed by atoms with E-state index in [0.717, 1.165) is 16.7 Å². The van der Waals surface area contributed by atoms with E-state index in [-0.39, 0.29) is 5.91 Å². The minimum absolute atomic E-state index is 0.123. The van der Waals surface area contributed by atoms with Gasteiger partial charge in [0.1, 0.15) is 0 Å². The summed E-state index contributed by atoms with van der Waals surface area (Å²) >= 11 is 0. The fraction of sp³-hybridized carbons (Fsp3) is 0.333. The first-order valence-electron chi connectivity index (χ1n) is 6.32. The van der Waals surface area contributed by atoms with Crippen molar-refractivity contribution in [3.05, 3.63) is 53.3 Å². The number of aryl methyl sites for hydroxylation is 2. The van der Waals surface area contributed by atoms with Crippen LogP contribution in [0.1, 0.15) is 16.7 Å². The van der Waals surface area contributed by atoms with Crippen LogP contribution in [0.5, 0.6) is 0 Å². The van der Waals surface area contributed by atoms with Crippen molar-refractivity contribution in [3.63, 3.8) is 0 Å². The summed E-state index contributed by atoms with van der Waals surface area (Å²) in [7, 11) is 3.70. The molecule has 0 bridgehead atoms. The molecule has 19 heavy (non-hydrogen) atoms. The summed E-state index contributed by atoms with van der Waals surface area (Å²) in [5, 5.41) is 4.11. The molecule has 0 spiro atoms. The van der Waals surface area contributed by atoms with Gasteiger partial charge in [0.2, 0.25) is 5.91 Å². The number of hydrogen-bond donors (Lipinski definition) is 0. The van der Waals surface area contributed by atoms with Crippen LogP contribution in [0.15, 0.2) is 36.7 Å². The number of carbonyl (C=O) groups excluding carboxylic acids is 1. The van der Waals surface area contributed by atoms with Gasteiger partial charge in [-0.1, -0.05) is 24.3 Å². The molecular formula is C15H19N3O. The zero-order valence-electron chi connectivity index (χ0n) is 11.6. The zero-order chi connectivity index (χ0) is 13.8. The predicted octanol–water partition coefficient (Wildman–Crippen LogP) is 1.93. The van der Waals surface area contributed by atoms with Crippen LogP contribution in [0.3, 0.4) is 0 Å². The summed E-state index contributed by atoms with van der Waals surface area (Å²) in [5.41, 5.74) is 3.29. The Morgan fingerprint density at radius 1 is 1.37 bits per heavy atom. The fourth-order valence-corrected chi connectivity index (χ4v) is 2.02. The monoisotopic (exact) mass is 257 g/mol. The second kappa shape index (κ2) is 5.69. The molecule has 0 N–H and O–H groups in total. The van der Waals surface area contributed by atoms with E-state index in [1.807, 2.05) is 51.5 Å². The van der Waals surface area contributed by atoms with Crippen LogP contribution >= 0.6 is 0 Å². The Morgan fingerprint density at radius 2 is 2.11 bits per heavy atom. The second-order valence-electron chi connectivity index (χ2n) is 4.88. The van der Waals surface area contributed by atoms with Crippen molar-refractivity contribution in [3.8, 4) is 0 Å². The molecule has 100 valence electrons. The van der Waals surface area contributed by atoms with Gasteiger partial charge >= 0.3 is 0 Å². The highest BCUT2D eigenvalue weighted by molar-refractivity contribution is 5.78. The van der Waals surface area contributed by atoms with Crippen LogP contribution < -0.4 is 0 Å². The lowest BCUT2D eigenvalue weighted by Crippen LogP contribution is -2.27. The van der Waals surface area contributed by atoms with Gasteiger partial charge < -0.3 is 4.90 Å². The van der Waals surface area contributed by atoms with Crippen LogP contribution in [-0.4, -0.2) is 27.6 Å². The van der Waals surface area contributed by atoms with Crippen LogP contribution in [-0.2, 0) is 24.8 Å². The van der Waals surface area contributed by atoms with Gasteiger partial charge in [0.25, 0.3) is 0 Å². The smallest absolute Gasteiger partial charge is 0.227 e. The topological polar surface area (TPSA) is 38.1 Å². The van der Waals surface area contributed by atoms with Gasteiger partial charge in [-0.25, -0.2) is 0 Å². The molecule has 0 unspecified atom stereocenters. The lowest BCUT2D eigenvalue weighted by molar-refractivity contribution is -0.129. The maximum Gasteiger partial charge on any atom is 0.227 e. The van der Waals surface area contributed by atoms with E-state index in [4.69, 9.17) is 0 Å². The van der Waals surface area contributed by atoms with E-state index in [0.29, 0.717) is 13.0 Å². The number of carbonyl (C=O) groups is 1. The first-order valence-corrected chi connectivity index (χ1v) is 6.32. The van der Waals surface area contributed by atoms with Gasteiger partial charge in [-0.3, -0.25) is 9.48 Å². The number of rotatable bonds is 4. The minimum Gasteiger partial charge on any atom is -0.341 e. The third-order valence-corrected chi connectivity index (χ3v) is 3.21. The Kier molecular flexibility index (Phi) is 4.00. The number of likely N-dealkylation sites (N-methyl/N-ethyl adjacent to an activating group) is 1. The summed E-state index contributed by atoms with van der Waals surface area (Å²) in [6.07, 6.45) is 4.17. The maximum atomic E-state index is 12.2. The Morgan fingerprint density at radius 3 is 2.74 bits per heavy atom. The van der Waals surface area contributed by atoms with Gasteiger partial charge in [0, 0.05) is 32.4 Å². The highest BCUT2D eigenvalue weighted by Gasteiger charge is 2.12. The van der Waals surface area contributed by atoms with Gasteiger partial charge in [-0.05, 0) is 18.1 Å². The standard InChI is InChI=1S/C15H19N3O/c1-12-6-4-5-7-14(12)8-15(19)17(2)10-13-9-16-18(3)11-13/h4-7,9,11H,8,10H2,1-3H3. The van der Waals surface area contributed by atoms with Crippen molar-refractivity contribution in [2.24, 2.45) is 7.05 Å². The molecule has 2 rings (SSSR count). The van der Waals surface area contributed by atoms with E-state index in [1.165, 1.54) is 0 Å². The molecule has 4 heteroatoms. The van der Waals surface area contributed by atoms with Crippen LogP contribution in [0.4, 0.5) is 0 Å². The molecule has 2 aromatic rings. The second-order valence-corrected chi connectivity index (χ2v) is 4.88. The summed E-state index contributed by atoms with van der Waals surface area (Å²) < 4.78 is 1.75. The first kappa shape index (κ1) is 13.3. The Balaban J connectivity index is 1.98. The van der Waals surface area contributed by atoms with E-state index < -0.39 is 0 Å². The molecule has 0 saturated carbocycles. The Hall–Kier alpha value is -2.10. The largest absolute Gasteiger partial charge is 0.341 e. The maximum absolute atomic E-state index is 12.2. The molecule has 0 aliphatic heterocycles. The number of benzene rings is 1. The van der Waals surface area contributed by atoms with Crippen molar-refractivity contribution >= 4 is 5.91 Å². The summed E-state index contributed by atoms with van der Waals surface area (Å²) in [4.78, 5) is 13.9. The zero-order valence-corrected chi connectivity index (χ0v) is 11.6. The van der Waals surface area contributed by atoms with E-state index in [1.54, 1.807) is 15.8 Å². The van der Waals surface area contributed by atoms with Gasteiger partial charge in [-0.15, -0.1) is 0 Å². The molecule has 1 aromatic heterocycles. The van der Waals surface area contributed by atoms with Crippen molar-refractivity contribution in [2.75, 3.05) is 7.05 Å².